The third kappa shape index (κ3) is 6.57. The van der Waals surface area contributed by atoms with Crippen molar-refractivity contribution in [3.8, 4) is 12.3 Å². The molecule has 0 aromatic heterocycles. The zero-order valence-electron chi connectivity index (χ0n) is 16.6. The molecule has 2 N–H and O–H groups in total. The topological polar surface area (TPSA) is 89.4 Å². The summed E-state index contributed by atoms with van der Waals surface area (Å²) in [7, 11) is 0. The van der Waals surface area contributed by atoms with Crippen molar-refractivity contribution in [2.45, 2.75) is 37.8 Å². The highest BCUT2D eigenvalue weighted by Gasteiger charge is 2.39. The average Bonchev–Trinajstić information content (AvgIpc) is 3.54. The Morgan fingerprint density at radius 3 is 2.28 bits per heavy atom. The van der Waals surface area contributed by atoms with Gasteiger partial charge >= 0.3 is 0 Å². The number of carbonyl (C=O) groups excluding carboxylic acids is 2. The van der Waals surface area contributed by atoms with Gasteiger partial charge in [-0.1, -0.05) is 18.2 Å². The Kier molecular flexibility index (Phi) is 7.19. The van der Waals surface area contributed by atoms with Crippen LogP contribution < -0.4 is 15.8 Å². The first-order chi connectivity index (χ1) is 14.1. The van der Waals surface area contributed by atoms with Crippen LogP contribution in [-0.2, 0) is 9.59 Å². The third-order valence-corrected chi connectivity index (χ3v) is 5.30. The maximum absolute atomic E-state index is 12.0. The van der Waals surface area contributed by atoms with Crippen molar-refractivity contribution in [2.75, 3.05) is 37.6 Å². The van der Waals surface area contributed by atoms with Crippen molar-refractivity contribution >= 4 is 17.5 Å². The molecule has 0 radical (unpaired) electrons. The molecule has 2 amide bonds. The van der Waals surface area contributed by atoms with Crippen LogP contribution in [-0.4, -0.2) is 55.1 Å². The maximum atomic E-state index is 12.0. The van der Waals surface area contributed by atoms with E-state index in [1.54, 1.807) is 0 Å². The Morgan fingerprint density at radius 1 is 1.00 bits per heavy atom. The van der Waals surface area contributed by atoms with Gasteiger partial charge in [-0.05, 0) is 12.1 Å². The first-order valence-corrected chi connectivity index (χ1v) is 10.1. The molecule has 1 aromatic rings. The van der Waals surface area contributed by atoms with E-state index in [1.165, 1.54) is 5.69 Å². The number of hydrazine groups is 1. The van der Waals surface area contributed by atoms with Crippen LogP contribution in [0.25, 0.3) is 0 Å². The maximum Gasteiger partial charge on any atom is 0.239 e. The average molecular weight is 396 g/mol. The van der Waals surface area contributed by atoms with Gasteiger partial charge in [-0.2, -0.15) is 10.2 Å². The lowest BCUT2D eigenvalue weighted by Crippen LogP contribution is -2.48. The Hall–Kier alpha value is -2.92. The summed E-state index contributed by atoms with van der Waals surface area (Å²) >= 11 is 0. The van der Waals surface area contributed by atoms with E-state index >= 15 is 0 Å². The molecule has 2 heterocycles. The third-order valence-electron chi connectivity index (χ3n) is 5.30. The molecule has 2 aliphatic rings. The molecule has 0 saturated carbocycles. The van der Waals surface area contributed by atoms with E-state index in [1.807, 2.05) is 18.2 Å². The van der Waals surface area contributed by atoms with Gasteiger partial charge in [0.1, 0.15) is 0 Å². The van der Waals surface area contributed by atoms with Crippen molar-refractivity contribution in [3.63, 3.8) is 0 Å². The van der Waals surface area contributed by atoms with Crippen molar-refractivity contribution in [3.05, 3.63) is 30.3 Å². The number of hydrogen-bond acceptors (Lipinski definition) is 6. The number of carbonyl (C=O) groups is 2. The molecule has 8 nitrogen and oxygen atoms in total. The van der Waals surface area contributed by atoms with Gasteiger partial charge in [0.15, 0.2) is 5.66 Å². The summed E-state index contributed by atoms with van der Waals surface area (Å²) in [6.45, 7) is 4.40. The van der Waals surface area contributed by atoms with E-state index in [-0.39, 0.29) is 18.2 Å². The molecule has 8 heteroatoms. The number of amides is 2. The van der Waals surface area contributed by atoms with Gasteiger partial charge in [-0.25, -0.2) is 0 Å². The molecule has 0 bridgehead atoms. The minimum absolute atomic E-state index is 0.188. The highest BCUT2D eigenvalue weighted by Crippen LogP contribution is 2.37. The van der Waals surface area contributed by atoms with E-state index in [9.17, 15) is 9.59 Å². The fourth-order valence-corrected chi connectivity index (χ4v) is 3.37. The molecule has 1 aromatic carbocycles. The first-order valence-electron chi connectivity index (χ1n) is 10.1. The molecule has 0 spiro atoms. The van der Waals surface area contributed by atoms with E-state index in [0.717, 1.165) is 26.2 Å². The summed E-state index contributed by atoms with van der Waals surface area (Å²) in [6.07, 6.45) is 7.62. The number of hydrogen-bond donors (Lipinski definition) is 2. The Morgan fingerprint density at radius 2 is 1.66 bits per heavy atom. The van der Waals surface area contributed by atoms with Crippen LogP contribution in [0.2, 0.25) is 0 Å². The Balaban J connectivity index is 1.26. The zero-order chi connectivity index (χ0) is 20.5. The van der Waals surface area contributed by atoms with E-state index < -0.39 is 5.66 Å². The van der Waals surface area contributed by atoms with E-state index in [0.29, 0.717) is 32.2 Å². The standard InChI is InChI=1S/C21H28N6O2/c1-2-3-11-21(24-25-21)12-9-19(28)22-23-20(29)10-13-26-14-16-27(17-15-26)18-7-5-4-6-8-18/h1,4-8H,3,9-17H2,(H,22,28)(H,23,29). The fourth-order valence-electron chi connectivity index (χ4n) is 3.37. The summed E-state index contributed by atoms with van der Waals surface area (Å²) in [5.41, 5.74) is 5.71. The van der Waals surface area contributed by atoms with Gasteiger partial charge in [0, 0.05) is 70.5 Å². The molecule has 29 heavy (non-hydrogen) atoms. The van der Waals surface area contributed by atoms with E-state index in [2.05, 4.69) is 48.9 Å². The van der Waals surface area contributed by atoms with Crippen molar-refractivity contribution < 1.29 is 9.59 Å². The molecule has 154 valence electrons. The first kappa shape index (κ1) is 20.8. The highest BCUT2D eigenvalue weighted by molar-refractivity contribution is 5.82. The number of para-hydroxylation sites is 1. The van der Waals surface area contributed by atoms with Crippen LogP contribution >= 0.6 is 0 Å². The molecular formula is C21H28N6O2. The molecule has 0 aliphatic carbocycles. The second-order valence-electron chi connectivity index (χ2n) is 7.40. The number of nitrogens with one attached hydrogen (secondary N) is 2. The fraction of sp³-hybridized carbons (Fsp3) is 0.524. The number of terminal acetylenes is 1. The molecule has 0 atom stereocenters. The monoisotopic (exact) mass is 396 g/mol. The lowest BCUT2D eigenvalue weighted by atomic mass is 10.0. The van der Waals surface area contributed by atoms with Crippen LogP contribution in [0.4, 0.5) is 5.69 Å². The summed E-state index contributed by atoms with van der Waals surface area (Å²) in [6, 6.07) is 10.4. The Bertz CT molecular complexity index is 759. The highest BCUT2D eigenvalue weighted by atomic mass is 16.2. The summed E-state index contributed by atoms with van der Waals surface area (Å²) in [5.74, 6) is 2.13. The number of rotatable bonds is 9. The number of anilines is 1. The lowest BCUT2D eigenvalue weighted by Gasteiger charge is -2.36. The van der Waals surface area contributed by atoms with Gasteiger partial charge in [0.05, 0.1) is 0 Å². The predicted octanol–water partition coefficient (Wildman–Crippen LogP) is 1.70. The predicted molar refractivity (Wildman–Crippen MR) is 111 cm³/mol. The lowest BCUT2D eigenvalue weighted by molar-refractivity contribution is -0.129. The summed E-state index contributed by atoms with van der Waals surface area (Å²) < 4.78 is 0. The number of nitrogens with zero attached hydrogens (tertiary/aromatic N) is 4. The second-order valence-corrected chi connectivity index (χ2v) is 7.40. The van der Waals surface area contributed by atoms with Crippen LogP contribution in [0, 0.1) is 12.3 Å². The van der Waals surface area contributed by atoms with Gasteiger partial charge in [-0.15, -0.1) is 12.3 Å². The van der Waals surface area contributed by atoms with E-state index in [4.69, 9.17) is 6.42 Å². The second kappa shape index (κ2) is 10.0. The quantitative estimate of drug-likeness (QED) is 0.491. The summed E-state index contributed by atoms with van der Waals surface area (Å²) in [5, 5.41) is 8.00. The van der Waals surface area contributed by atoms with Crippen molar-refractivity contribution in [1.82, 2.24) is 15.8 Å². The molecule has 0 unspecified atom stereocenters. The van der Waals surface area contributed by atoms with Crippen molar-refractivity contribution in [1.29, 1.82) is 0 Å². The smallest absolute Gasteiger partial charge is 0.239 e. The zero-order valence-corrected chi connectivity index (χ0v) is 16.6. The van der Waals surface area contributed by atoms with Crippen molar-refractivity contribution in [2.24, 2.45) is 10.2 Å². The molecule has 2 aliphatic heterocycles. The normalized spacial score (nSPS) is 17.4. The van der Waals surface area contributed by atoms with Crippen LogP contribution in [0.3, 0.4) is 0 Å². The number of piperazine rings is 1. The molecule has 1 saturated heterocycles. The summed E-state index contributed by atoms with van der Waals surface area (Å²) in [4.78, 5) is 28.5. The van der Waals surface area contributed by atoms with Gasteiger partial charge in [0.2, 0.25) is 11.8 Å². The molecule has 3 rings (SSSR count). The van der Waals surface area contributed by atoms with Gasteiger partial charge < -0.3 is 4.90 Å². The minimum Gasteiger partial charge on any atom is -0.369 e. The van der Waals surface area contributed by atoms with Gasteiger partial charge in [-0.3, -0.25) is 25.3 Å². The van der Waals surface area contributed by atoms with Crippen LogP contribution in [0.5, 0.6) is 0 Å². The molecular weight excluding hydrogens is 368 g/mol. The molecule has 1 fully saturated rings. The largest absolute Gasteiger partial charge is 0.369 e. The van der Waals surface area contributed by atoms with Gasteiger partial charge in [0.25, 0.3) is 0 Å². The van der Waals surface area contributed by atoms with Crippen LogP contribution in [0.1, 0.15) is 32.1 Å². The number of benzene rings is 1. The SMILES string of the molecule is C#CCCC1(CCC(=O)NNC(=O)CCN2CCN(c3ccccc3)CC2)N=N1. The Labute approximate surface area is 171 Å². The minimum atomic E-state index is -0.477. The van der Waals surface area contributed by atoms with Crippen LogP contribution in [0.15, 0.2) is 40.6 Å².